The van der Waals surface area contributed by atoms with Crippen molar-refractivity contribution in [2.45, 2.75) is 25.9 Å². The second-order valence-corrected chi connectivity index (χ2v) is 3.70. The first-order valence-electron chi connectivity index (χ1n) is 4.76. The number of carbonyl (C=O) groups is 1. The maximum Gasteiger partial charge on any atom is 0.433 e. The Morgan fingerprint density at radius 1 is 1.35 bits per heavy atom. The lowest BCUT2D eigenvalue weighted by atomic mass is 10.2. The van der Waals surface area contributed by atoms with Gasteiger partial charge in [-0.25, -0.2) is 4.39 Å². The standard InChI is InChI=1S/C9H10F3OP.C2H4O/c1-6-2-4-7(5-3-6)13-9(11,12)8(10)14;1-2-3/h2-5,8H,14H2,1H3;2H,1H3. The smallest absolute Gasteiger partial charge is 0.430 e. The van der Waals surface area contributed by atoms with E-state index in [9.17, 15) is 13.2 Å². The fourth-order valence-corrected chi connectivity index (χ4v) is 0.888. The zero-order valence-electron chi connectivity index (χ0n) is 9.49. The van der Waals surface area contributed by atoms with Crippen LogP contribution in [0.15, 0.2) is 24.3 Å². The van der Waals surface area contributed by atoms with Crippen molar-refractivity contribution in [1.82, 2.24) is 0 Å². The number of aldehydes is 1. The Labute approximate surface area is 100 Å². The first-order valence-corrected chi connectivity index (χ1v) is 5.43. The highest BCUT2D eigenvalue weighted by Crippen LogP contribution is 2.29. The molecule has 0 saturated heterocycles. The quantitative estimate of drug-likeness (QED) is 0.619. The van der Waals surface area contributed by atoms with Gasteiger partial charge in [0.25, 0.3) is 0 Å². The highest BCUT2D eigenvalue weighted by atomic mass is 31.0. The van der Waals surface area contributed by atoms with E-state index in [0.717, 1.165) is 11.8 Å². The normalized spacial score (nSPS) is 12.1. The van der Waals surface area contributed by atoms with Crippen LogP contribution >= 0.6 is 9.24 Å². The van der Waals surface area contributed by atoms with Gasteiger partial charge in [0.1, 0.15) is 12.0 Å². The Morgan fingerprint density at radius 2 is 1.76 bits per heavy atom. The molecule has 0 N–H and O–H groups in total. The van der Waals surface area contributed by atoms with Crippen molar-refractivity contribution in [3.05, 3.63) is 29.8 Å². The minimum absolute atomic E-state index is 0.0503. The van der Waals surface area contributed by atoms with Crippen molar-refractivity contribution < 1.29 is 22.7 Å². The minimum atomic E-state index is -3.81. The average Bonchev–Trinajstić information content (AvgIpc) is 2.22. The molecule has 17 heavy (non-hydrogen) atoms. The molecule has 0 aliphatic heterocycles. The van der Waals surface area contributed by atoms with Gasteiger partial charge in [0.05, 0.1) is 0 Å². The first-order chi connectivity index (χ1) is 7.83. The molecular formula is C11H14F3O2P. The molecular weight excluding hydrogens is 252 g/mol. The van der Waals surface area contributed by atoms with Crippen LogP contribution in [0.25, 0.3) is 0 Å². The van der Waals surface area contributed by atoms with Gasteiger partial charge in [0.15, 0.2) is 0 Å². The Balaban J connectivity index is 0.000000770. The maximum absolute atomic E-state index is 12.7. The fraction of sp³-hybridized carbons (Fsp3) is 0.364. The van der Waals surface area contributed by atoms with Crippen molar-refractivity contribution in [1.29, 1.82) is 0 Å². The molecule has 0 aromatic heterocycles. The average molecular weight is 266 g/mol. The third-order valence-corrected chi connectivity index (χ3v) is 1.98. The van der Waals surface area contributed by atoms with E-state index in [1.165, 1.54) is 28.3 Å². The number of benzene rings is 1. The van der Waals surface area contributed by atoms with E-state index >= 15 is 0 Å². The number of ether oxygens (including phenoxy) is 1. The molecule has 2 unspecified atom stereocenters. The Hall–Kier alpha value is -1.09. The zero-order chi connectivity index (χ0) is 13.5. The highest BCUT2D eigenvalue weighted by Gasteiger charge is 2.40. The summed E-state index contributed by atoms with van der Waals surface area (Å²) in [4.78, 5) is 8.81. The first kappa shape index (κ1) is 15.9. The molecule has 0 radical (unpaired) electrons. The van der Waals surface area contributed by atoms with E-state index < -0.39 is 12.0 Å². The lowest BCUT2D eigenvalue weighted by Crippen LogP contribution is -2.32. The largest absolute Gasteiger partial charge is 0.433 e. The van der Waals surface area contributed by atoms with Gasteiger partial charge in [-0.05, 0) is 26.0 Å². The minimum Gasteiger partial charge on any atom is -0.430 e. The van der Waals surface area contributed by atoms with Gasteiger partial charge in [0, 0.05) is 0 Å². The lowest BCUT2D eigenvalue weighted by molar-refractivity contribution is -0.197. The number of aryl methyl sites for hydroxylation is 1. The summed E-state index contributed by atoms with van der Waals surface area (Å²) >= 11 is 0. The second-order valence-electron chi connectivity index (χ2n) is 3.11. The Kier molecular flexibility index (Phi) is 6.81. The number of rotatable bonds is 3. The van der Waals surface area contributed by atoms with Crippen LogP contribution < -0.4 is 4.74 Å². The van der Waals surface area contributed by atoms with Crippen LogP contribution in [0.1, 0.15) is 12.5 Å². The van der Waals surface area contributed by atoms with Gasteiger partial charge in [-0.2, -0.15) is 8.78 Å². The van der Waals surface area contributed by atoms with Crippen LogP contribution in [0.2, 0.25) is 0 Å². The molecule has 0 aliphatic carbocycles. The Bertz CT molecular complexity index is 339. The number of hydrogen-bond acceptors (Lipinski definition) is 2. The van der Waals surface area contributed by atoms with Crippen molar-refractivity contribution in [2.24, 2.45) is 0 Å². The molecule has 0 bridgehead atoms. The van der Waals surface area contributed by atoms with Gasteiger partial charge < -0.3 is 9.53 Å². The molecule has 0 spiro atoms. The maximum atomic E-state index is 12.7. The molecule has 2 nitrogen and oxygen atoms in total. The van der Waals surface area contributed by atoms with E-state index in [1.807, 2.05) is 6.92 Å². The van der Waals surface area contributed by atoms with Gasteiger partial charge in [0.2, 0.25) is 5.91 Å². The van der Waals surface area contributed by atoms with Gasteiger partial charge in [-0.1, -0.05) is 26.9 Å². The predicted octanol–water partition coefficient (Wildman–Crippen LogP) is 3.34. The van der Waals surface area contributed by atoms with Crippen LogP contribution in [-0.4, -0.2) is 18.3 Å². The molecule has 0 aliphatic rings. The van der Waals surface area contributed by atoms with Gasteiger partial charge in [-0.15, -0.1) is 0 Å². The van der Waals surface area contributed by atoms with Gasteiger partial charge in [-0.3, -0.25) is 0 Å². The summed E-state index contributed by atoms with van der Waals surface area (Å²) in [6.07, 6.45) is -3.06. The van der Waals surface area contributed by atoms with Crippen LogP contribution in [0.3, 0.4) is 0 Å². The second kappa shape index (κ2) is 7.28. The van der Waals surface area contributed by atoms with Crippen molar-refractivity contribution >= 4 is 15.5 Å². The molecule has 0 saturated carbocycles. The SMILES string of the molecule is CC=O.Cc1ccc(OC(F)(F)C(F)P)cc1. The molecule has 96 valence electrons. The molecule has 0 fully saturated rings. The number of alkyl halides is 3. The summed E-state index contributed by atoms with van der Waals surface area (Å²) in [5, 5.41) is 0. The molecule has 0 heterocycles. The predicted molar refractivity (Wildman–Crippen MR) is 63.1 cm³/mol. The summed E-state index contributed by atoms with van der Waals surface area (Å²) in [5.74, 6) is -2.46. The zero-order valence-corrected chi connectivity index (χ0v) is 10.6. The van der Waals surface area contributed by atoms with Crippen molar-refractivity contribution in [2.75, 3.05) is 0 Å². The number of carbonyl (C=O) groups excluding carboxylic acids is 1. The highest BCUT2D eigenvalue weighted by molar-refractivity contribution is 7.17. The van der Waals surface area contributed by atoms with Crippen molar-refractivity contribution in [3.8, 4) is 5.75 Å². The third-order valence-electron chi connectivity index (χ3n) is 1.60. The summed E-state index contributed by atoms with van der Waals surface area (Å²) in [7, 11) is 1.37. The summed E-state index contributed by atoms with van der Waals surface area (Å²) < 4.78 is 42.0. The molecule has 0 amide bonds. The molecule has 1 aromatic carbocycles. The molecule has 2 atom stereocenters. The van der Waals surface area contributed by atoms with E-state index in [1.54, 1.807) is 12.1 Å². The van der Waals surface area contributed by atoms with Crippen LogP contribution in [0.5, 0.6) is 5.75 Å². The molecule has 1 rings (SSSR count). The van der Waals surface area contributed by atoms with Crippen LogP contribution in [0.4, 0.5) is 13.2 Å². The van der Waals surface area contributed by atoms with Crippen molar-refractivity contribution in [3.63, 3.8) is 0 Å². The summed E-state index contributed by atoms with van der Waals surface area (Å²) in [6, 6.07) is 5.97. The number of halogens is 3. The Morgan fingerprint density at radius 3 is 2.12 bits per heavy atom. The topological polar surface area (TPSA) is 26.3 Å². The third kappa shape index (κ3) is 6.27. The van der Waals surface area contributed by atoms with E-state index in [2.05, 4.69) is 4.74 Å². The monoisotopic (exact) mass is 266 g/mol. The molecule has 6 heteroatoms. The van der Waals surface area contributed by atoms with E-state index in [-0.39, 0.29) is 5.75 Å². The summed E-state index contributed by atoms with van der Waals surface area (Å²) in [6.45, 7) is 3.26. The van der Waals surface area contributed by atoms with Gasteiger partial charge >= 0.3 is 6.11 Å². The fourth-order valence-electron chi connectivity index (χ4n) is 0.820. The lowest BCUT2D eigenvalue weighted by Gasteiger charge is -2.18. The number of hydrogen-bond donors (Lipinski definition) is 0. The van der Waals surface area contributed by atoms with Crippen LogP contribution in [0, 0.1) is 6.92 Å². The van der Waals surface area contributed by atoms with Crippen LogP contribution in [-0.2, 0) is 4.79 Å². The molecule has 1 aromatic rings. The van der Waals surface area contributed by atoms with E-state index in [0.29, 0.717) is 0 Å². The summed E-state index contributed by atoms with van der Waals surface area (Å²) in [5.41, 5.74) is 0.920. The van der Waals surface area contributed by atoms with E-state index in [4.69, 9.17) is 4.79 Å².